The molecule has 11 nitrogen and oxygen atoms in total. The Morgan fingerprint density at radius 1 is 1.09 bits per heavy atom. The molecule has 6 atom stereocenters. The van der Waals surface area contributed by atoms with Gasteiger partial charge < -0.3 is 20.1 Å². The van der Waals surface area contributed by atoms with Crippen LogP contribution in [0.25, 0.3) is 0 Å². The van der Waals surface area contributed by atoms with Crippen molar-refractivity contribution in [2.24, 2.45) is 17.8 Å². The predicted octanol–water partition coefficient (Wildman–Crippen LogP) is 6.19. The predicted molar refractivity (Wildman–Crippen MR) is 207 cm³/mol. The van der Waals surface area contributed by atoms with E-state index in [9.17, 15) is 29.1 Å². The quantitative estimate of drug-likeness (QED) is 0.134. The molecule has 3 rings (SSSR count). The van der Waals surface area contributed by atoms with Crippen LogP contribution >= 0.6 is 11.3 Å². The van der Waals surface area contributed by atoms with Crippen molar-refractivity contribution in [3.8, 4) is 0 Å². The molecule has 53 heavy (non-hydrogen) atoms. The number of aliphatic hydroxyl groups excluding tert-OH is 1. The number of carbonyl (C=O) groups excluding carboxylic acids is 5. The molecule has 0 bridgehead atoms. The van der Waals surface area contributed by atoms with Crippen molar-refractivity contribution >= 4 is 40.7 Å². The van der Waals surface area contributed by atoms with E-state index in [4.69, 9.17) is 4.74 Å². The van der Waals surface area contributed by atoms with Gasteiger partial charge in [-0.2, -0.15) is 0 Å². The second kappa shape index (κ2) is 22.0. The fourth-order valence-electron chi connectivity index (χ4n) is 7.22. The molecule has 294 valence electrons. The number of hydrogen-bond acceptors (Lipinski definition) is 10. The van der Waals surface area contributed by atoms with E-state index in [1.807, 2.05) is 76.9 Å². The third kappa shape index (κ3) is 13.1. The number of carbonyl (C=O) groups is 5. The van der Waals surface area contributed by atoms with E-state index < -0.39 is 29.9 Å². The molecule has 1 aromatic heterocycles. The molecule has 2 N–H and O–H groups in total. The second-order valence-corrected chi connectivity index (χ2v) is 15.8. The van der Waals surface area contributed by atoms with Crippen LogP contribution in [0.4, 0.5) is 0 Å². The van der Waals surface area contributed by atoms with Crippen LogP contribution in [-0.4, -0.2) is 94.1 Å². The molecule has 12 heteroatoms. The number of nitrogens with one attached hydrogen (secondary N) is 1. The summed E-state index contributed by atoms with van der Waals surface area (Å²) in [4.78, 5) is 76.0. The van der Waals surface area contributed by atoms with Gasteiger partial charge in [0.15, 0.2) is 17.7 Å². The fourth-order valence-corrected chi connectivity index (χ4v) is 8.06. The summed E-state index contributed by atoms with van der Waals surface area (Å²) in [6.45, 7) is 12.7. The lowest BCUT2D eigenvalue weighted by Crippen LogP contribution is -2.50. The summed E-state index contributed by atoms with van der Waals surface area (Å²) in [7, 11) is 1.99. The number of esters is 1. The van der Waals surface area contributed by atoms with Crippen molar-refractivity contribution in [1.29, 1.82) is 0 Å². The Balaban J connectivity index is 1.87. The molecular weight excluding hydrogens is 693 g/mol. The van der Waals surface area contributed by atoms with E-state index >= 15 is 0 Å². The number of amides is 2. The Morgan fingerprint density at radius 2 is 1.81 bits per heavy atom. The van der Waals surface area contributed by atoms with Crippen LogP contribution in [0.15, 0.2) is 35.7 Å². The molecule has 2 aromatic rings. The van der Waals surface area contributed by atoms with E-state index in [0.29, 0.717) is 30.8 Å². The standard InChI is InChI=1S/C41H62N4O7S/c1-8-20-45(41(51)31(28(5)9-2)24-37(49)34-18-13-14-21-44(34)7)35(27(3)4)25-38(52-29(6)47)40-43-33(26-53-40)39(50)42-32(36(48)19-15-22-46)23-30-16-11-10-12-17-30/h10-12,16-17,26-28,31-32,34-35,38,46H,8-9,13-15,18-25H2,1-7H3,(H,42,50)/t28-,31-,32-,34+,35+,38+/m0/s1. The smallest absolute Gasteiger partial charge is 0.303 e. The van der Waals surface area contributed by atoms with Gasteiger partial charge in [-0.05, 0) is 63.1 Å². The molecule has 1 aliphatic rings. The van der Waals surface area contributed by atoms with Gasteiger partial charge in [0.2, 0.25) is 5.91 Å². The zero-order valence-electron chi connectivity index (χ0n) is 32.8. The van der Waals surface area contributed by atoms with Gasteiger partial charge in [0.25, 0.3) is 5.91 Å². The van der Waals surface area contributed by atoms with Gasteiger partial charge in [-0.15, -0.1) is 11.3 Å². The molecule has 1 fully saturated rings. The van der Waals surface area contributed by atoms with Gasteiger partial charge >= 0.3 is 5.97 Å². The molecule has 0 radical (unpaired) electrons. The number of aromatic nitrogens is 1. The zero-order valence-corrected chi connectivity index (χ0v) is 33.7. The first-order valence-electron chi connectivity index (χ1n) is 19.4. The Labute approximate surface area is 320 Å². The minimum absolute atomic E-state index is 0.00180. The number of likely N-dealkylation sites (N-methyl/N-ethyl adjacent to an activating group) is 1. The van der Waals surface area contributed by atoms with Crippen LogP contribution in [0, 0.1) is 17.8 Å². The van der Waals surface area contributed by atoms with Crippen LogP contribution in [0.5, 0.6) is 0 Å². The number of aliphatic hydroxyl groups is 1. The van der Waals surface area contributed by atoms with Crippen LogP contribution in [0.1, 0.15) is 126 Å². The Hall–Kier alpha value is -3.48. The summed E-state index contributed by atoms with van der Waals surface area (Å²) in [5.74, 6) is -1.65. The lowest BCUT2D eigenvalue weighted by Gasteiger charge is -2.39. The van der Waals surface area contributed by atoms with Crippen molar-refractivity contribution in [2.75, 3.05) is 26.7 Å². The third-order valence-corrected chi connectivity index (χ3v) is 11.4. The molecule has 0 saturated carbocycles. The van der Waals surface area contributed by atoms with Gasteiger partial charge in [0, 0.05) is 56.7 Å². The molecule has 0 spiro atoms. The summed E-state index contributed by atoms with van der Waals surface area (Å²) >= 11 is 1.19. The number of ether oxygens (including phenoxy) is 1. The average Bonchev–Trinajstić information content (AvgIpc) is 3.64. The molecule has 1 aliphatic heterocycles. The summed E-state index contributed by atoms with van der Waals surface area (Å²) < 4.78 is 5.85. The summed E-state index contributed by atoms with van der Waals surface area (Å²) in [5, 5.41) is 14.1. The zero-order chi connectivity index (χ0) is 39.1. The number of ketones is 2. The normalized spacial score (nSPS) is 17.7. The molecule has 1 aromatic carbocycles. The number of thiazole rings is 1. The molecular formula is C41H62N4O7S. The van der Waals surface area contributed by atoms with Crippen molar-refractivity contribution in [2.45, 2.75) is 130 Å². The number of Topliss-reactive ketones (excluding diaryl/α,β-unsaturated/α-hetero) is 2. The molecule has 0 unspecified atom stereocenters. The van der Waals surface area contributed by atoms with E-state index in [-0.39, 0.29) is 73.0 Å². The SMILES string of the molecule is CCCN(C(=O)[C@@H](CC(=O)[C@H]1CCCCN1C)[C@@H](C)CC)[C@H](C[C@@H](OC(C)=O)c1nc(C(=O)N[C@@H](Cc2ccccc2)C(=O)CCCO)cs1)C(C)C. The van der Waals surface area contributed by atoms with E-state index in [1.54, 1.807) is 5.38 Å². The summed E-state index contributed by atoms with van der Waals surface area (Å²) in [5.41, 5.74) is 0.983. The van der Waals surface area contributed by atoms with Crippen molar-refractivity contribution < 1.29 is 33.8 Å². The summed E-state index contributed by atoms with van der Waals surface area (Å²) in [6.07, 6.45) is 4.71. The van der Waals surface area contributed by atoms with Gasteiger partial charge in [0.1, 0.15) is 10.7 Å². The first kappa shape index (κ1) is 43.9. The molecule has 2 heterocycles. The van der Waals surface area contributed by atoms with Crippen molar-refractivity contribution in [1.82, 2.24) is 20.1 Å². The first-order chi connectivity index (χ1) is 25.3. The number of hydrogen-bond donors (Lipinski definition) is 2. The highest BCUT2D eigenvalue weighted by molar-refractivity contribution is 7.09. The number of rotatable bonds is 22. The maximum absolute atomic E-state index is 14.6. The van der Waals surface area contributed by atoms with Crippen LogP contribution in [-0.2, 0) is 30.3 Å². The number of piperidine rings is 1. The number of likely N-dealkylation sites (tertiary alicyclic amines) is 1. The highest BCUT2D eigenvalue weighted by Crippen LogP contribution is 2.33. The van der Waals surface area contributed by atoms with Gasteiger partial charge in [0.05, 0.1) is 12.1 Å². The number of nitrogens with zero attached hydrogens (tertiary/aromatic N) is 3. The average molecular weight is 755 g/mol. The Morgan fingerprint density at radius 3 is 2.42 bits per heavy atom. The van der Waals surface area contributed by atoms with Crippen LogP contribution in [0.2, 0.25) is 0 Å². The topological polar surface area (TPSA) is 146 Å². The van der Waals surface area contributed by atoms with E-state index in [1.165, 1.54) is 18.3 Å². The minimum Gasteiger partial charge on any atom is -0.455 e. The Kier molecular flexibility index (Phi) is 18.3. The Bertz CT molecular complexity index is 1480. The highest BCUT2D eigenvalue weighted by Gasteiger charge is 2.39. The molecule has 1 saturated heterocycles. The van der Waals surface area contributed by atoms with E-state index in [0.717, 1.165) is 37.8 Å². The minimum atomic E-state index is -0.829. The van der Waals surface area contributed by atoms with Crippen molar-refractivity contribution in [3.05, 3.63) is 52.0 Å². The van der Waals surface area contributed by atoms with Crippen LogP contribution in [0.3, 0.4) is 0 Å². The highest BCUT2D eigenvalue weighted by atomic mass is 32.1. The van der Waals surface area contributed by atoms with Gasteiger partial charge in [-0.1, -0.05) is 77.8 Å². The van der Waals surface area contributed by atoms with Gasteiger partial charge in [-0.25, -0.2) is 4.98 Å². The summed E-state index contributed by atoms with van der Waals surface area (Å²) in [6, 6.07) is 8.08. The third-order valence-electron chi connectivity index (χ3n) is 10.5. The monoisotopic (exact) mass is 754 g/mol. The van der Waals surface area contributed by atoms with Crippen molar-refractivity contribution in [3.63, 3.8) is 0 Å². The maximum atomic E-state index is 14.6. The lowest BCUT2D eigenvalue weighted by molar-refractivity contribution is -0.150. The number of benzene rings is 1. The van der Waals surface area contributed by atoms with Gasteiger partial charge in [-0.3, -0.25) is 28.9 Å². The second-order valence-electron chi connectivity index (χ2n) is 14.9. The maximum Gasteiger partial charge on any atom is 0.303 e. The fraction of sp³-hybridized carbons (Fsp3) is 0.659. The first-order valence-corrected chi connectivity index (χ1v) is 20.3. The molecule has 2 amide bonds. The van der Waals surface area contributed by atoms with E-state index in [2.05, 4.69) is 15.2 Å². The molecule has 0 aliphatic carbocycles. The van der Waals surface area contributed by atoms with Crippen LogP contribution < -0.4 is 5.32 Å². The lowest BCUT2D eigenvalue weighted by atomic mass is 9.82. The largest absolute Gasteiger partial charge is 0.455 e.